The van der Waals surface area contributed by atoms with Crippen molar-refractivity contribution in [2.24, 2.45) is 0 Å². The van der Waals surface area contributed by atoms with Crippen LogP contribution in [0.5, 0.6) is 5.75 Å². The lowest BCUT2D eigenvalue weighted by atomic mass is 9.92. The van der Waals surface area contributed by atoms with Gasteiger partial charge in [0.05, 0.1) is 24.6 Å². The van der Waals surface area contributed by atoms with E-state index in [0.717, 1.165) is 33.6 Å². The van der Waals surface area contributed by atoms with E-state index in [4.69, 9.17) is 14.4 Å². The summed E-state index contributed by atoms with van der Waals surface area (Å²) >= 11 is 0. The van der Waals surface area contributed by atoms with Gasteiger partial charge < -0.3 is 14.6 Å². The van der Waals surface area contributed by atoms with Crippen LogP contribution in [0.3, 0.4) is 0 Å². The third-order valence-electron chi connectivity index (χ3n) is 6.23. The number of nitrogens with zero attached hydrogens (tertiary/aromatic N) is 3. The average Bonchev–Trinajstić information content (AvgIpc) is 3.58. The Bertz CT molecular complexity index is 1550. The fourth-order valence-corrected chi connectivity index (χ4v) is 4.57. The summed E-state index contributed by atoms with van der Waals surface area (Å²) in [6.07, 6.45) is 2.01. The van der Waals surface area contributed by atoms with E-state index in [-0.39, 0.29) is 5.91 Å². The Hall–Kier alpha value is -4.91. The van der Waals surface area contributed by atoms with Crippen LogP contribution in [0.4, 0.5) is 5.88 Å². The second-order valence-electron chi connectivity index (χ2n) is 8.38. The van der Waals surface area contributed by atoms with Crippen molar-refractivity contribution >= 4 is 17.4 Å². The minimum atomic E-state index is -0.220. The van der Waals surface area contributed by atoms with Crippen LogP contribution in [0.1, 0.15) is 16.1 Å². The molecule has 0 spiro atoms. The highest BCUT2D eigenvalue weighted by molar-refractivity contribution is 6.23. The molecule has 0 aliphatic carbocycles. The molecule has 0 amide bonds. The number of fused-ring (bicyclic) bond motifs is 1. The first kappa shape index (κ1) is 21.6. The number of benzene rings is 3. The maximum Gasteiger partial charge on any atom is 0.280 e. The zero-order valence-corrected chi connectivity index (χ0v) is 19.5. The van der Waals surface area contributed by atoms with Crippen LogP contribution in [0.15, 0.2) is 107 Å². The third-order valence-corrected chi connectivity index (χ3v) is 6.23. The van der Waals surface area contributed by atoms with Crippen LogP contribution in [0.25, 0.3) is 28.0 Å². The Balaban J connectivity index is 1.56. The minimum absolute atomic E-state index is 0.220. The highest BCUT2D eigenvalue weighted by Gasteiger charge is 2.33. The largest absolute Gasteiger partial charge is 0.497 e. The molecule has 6 rings (SSSR count). The molecule has 0 bridgehead atoms. The molecular weight excluding hydrogens is 452 g/mol. The molecule has 0 saturated heterocycles. The molecule has 3 aromatic carbocycles. The van der Waals surface area contributed by atoms with Crippen molar-refractivity contribution < 1.29 is 14.1 Å². The van der Waals surface area contributed by atoms with Crippen molar-refractivity contribution in [3.05, 3.63) is 114 Å². The van der Waals surface area contributed by atoms with Crippen molar-refractivity contribution in [1.29, 1.82) is 0 Å². The maximum atomic E-state index is 14.1. The van der Waals surface area contributed by atoms with Crippen LogP contribution in [-0.2, 0) is 6.42 Å². The normalized spacial score (nSPS) is 13.0. The van der Waals surface area contributed by atoms with Gasteiger partial charge in [0.2, 0.25) is 5.88 Å². The van der Waals surface area contributed by atoms with E-state index >= 15 is 0 Å². The van der Waals surface area contributed by atoms with Gasteiger partial charge >= 0.3 is 0 Å². The van der Waals surface area contributed by atoms with Gasteiger partial charge in [-0.25, -0.2) is 0 Å². The number of allylic oxidation sites excluding steroid dienone is 2. The van der Waals surface area contributed by atoms with Crippen molar-refractivity contribution in [3.63, 3.8) is 0 Å². The van der Waals surface area contributed by atoms with Gasteiger partial charge in [-0.15, -0.1) is 0 Å². The summed E-state index contributed by atoms with van der Waals surface area (Å²) in [5.74, 6) is 0.953. The van der Waals surface area contributed by atoms with Gasteiger partial charge in [-0.1, -0.05) is 78.0 Å². The van der Waals surface area contributed by atoms with Crippen molar-refractivity contribution in [2.75, 3.05) is 12.4 Å². The van der Waals surface area contributed by atoms with Gasteiger partial charge in [-0.05, 0) is 23.3 Å². The standard InChI is InChI=1S/C29H22N4O3/c1-35-22-14-12-20(13-15-22)26-23(31-25-16-17-30-36-25)18-24-27(19-8-4-2-5-9-19)28(32-33(24)29(26)34)21-10-6-3-7-11-21/h2-17,31H,18H2,1H3. The molecular formula is C29H22N4O3. The molecule has 7 heteroatoms. The van der Waals surface area contributed by atoms with E-state index < -0.39 is 0 Å². The van der Waals surface area contributed by atoms with Crippen LogP contribution in [-0.4, -0.2) is 28.0 Å². The summed E-state index contributed by atoms with van der Waals surface area (Å²) in [6, 6.07) is 29.1. The highest BCUT2D eigenvalue weighted by Crippen LogP contribution is 2.40. The summed E-state index contributed by atoms with van der Waals surface area (Å²) in [6.45, 7) is 0. The highest BCUT2D eigenvalue weighted by atomic mass is 16.5. The lowest BCUT2D eigenvalue weighted by Crippen LogP contribution is -2.26. The zero-order valence-electron chi connectivity index (χ0n) is 19.5. The van der Waals surface area contributed by atoms with Crippen LogP contribution in [0.2, 0.25) is 0 Å². The first-order chi connectivity index (χ1) is 17.7. The fourth-order valence-electron chi connectivity index (χ4n) is 4.57. The number of anilines is 1. The lowest BCUT2D eigenvalue weighted by Gasteiger charge is -2.22. The number of hydrogen-bond acceptors (Lipinski definition) is 6. The number of carbonyl (C=O) groups excluding carboxylic acids is 1. The summed E-state index contributed by atoms with van der Waals surface area (Å²) in [4.78, 5) is 14.1. The molecule has 176 valence electrons. The Morgan fingerprint density at radius 1 is 0.861 bits per heavy atom. The SMILES string of the molecule is COc1ccc(C2=C(Nc3ccno3)Cc3c(-c4ccccc4)c(-c4ccccc4)nn3C2=O)cc1. The summed E-state index contributed by atoms with van der Waals surface area (Å²) in [5, 5.41) is 12.0. The molecule has 3 heterocycles. The van der Waals surface area contributed by atoms with E-state index in [1.165, 1.54) is 4.68 Å². The Morgan fingerprint density at radius 3 is 2.19 bits per heavy atom. The zero-order chi connectivity index (χ0) is 24.5. The number of hydrogen-bond donors (Lipinski definition) is 1. The number of carbonyl (C=O) groups is 1. The smallest absolute Gasteiger partial charge is 0.280 e. The van der Waals surface area contributed by atoms with Crippen molar-refractivity contribution in [1.82, 2.24) is 14.9 Å². The number of rotatable bonds is 6. The van der Waals surface area contributed by atoms with E-state index in [0.29, 0.717) is 29.3 Å². The van der Waals surface area contributed by atoms with Crippen LogP contribution < -0.4 is 10.1 Å². The molecule has 0 atom stereocenters. The fraction of sp³-hybridized carbons (Fsp3) is 0.0690. The third kappa shape index (κ3) is 3.76. The van der Waals surface area contributed by atoms with Crippen molar-refractivity contribution in [3.8, 4) is 28.1 Å². The number of methoxy groups -OCH3 is 1. The van der Waals surface area contributed by atoms with Gasteiger partial charge in [0.1, 0.15) is 11.4 Å². The second-order valence-corrected chi connectivity index (χ2v) is 8.38. The first-order valence-electron chi connectivity index (χ1n) is 11.6. The first-order valence-corrected chi connectivity index (χ1v) is 11.6. The molecule has 0 radical (unpaired) electrons. The molecule has 5 aromatic rings. The molecule has 7 nitrogen and oxygen atoms in total. The van der Waals surface area contributed by atoms with Gasteiger partial charge in [0.25, 0.3) is 5.91 Å². The van der Waals surface area contributed by atoms with Gasteiger partial charge in [0, 0.05) is 29.3 Å². The Morgan fingerprint density at radius 2 is 1.56 bits per heavy atom. The van der Waals surface area contributed by atoms with E-state index in [1.807, 2.05) is 84.9 Å². The molecule has 0 saturated carbocycles. The molecule has 1 aliphatic rings. The number of ether oxygens (including phenoxy) is 1. The number of nitrogens with one attached hydrogen (secondary N) is 1. The predicted molar refractivity (Wildman–Crippen MR) is 137 cm³/mol. The molecule has 36 heavy (non-hydrogen) atoms. The van der Waals surface area contributed by atoms with Gasteiger partial charge in [-0.3, -0.25) is 4.79 Å². The van der Waals surface area contributed by atoms with Crippen LogP contribution in [0, 0.1) is 0 Å². The van der Waals surface area contributed by atoms with Gasteiger partial charge in [-0.2, -0.15) is 9.78 Å². The predicted octanol–water partition coefficient (Wildman–Crippen LogP) is 5.93. The molecule has 0 fully saturated rings. The van der Waals surface area contributed by atoms with E-state index in [2.05, 4.69) is 10.5 Å². The second kappa shape index (κ2) is 9.03. The summed E-state index contributed by atoms with van der Waals surface area (Å²) in [7, 11) is 1.61. The van der Waals surface area contributed by atoms with Gasteiger partial charge in [0.15, 0.2) is 0 Å². The Kier molecular flexibility index (Phi) is 5.42. The molecule has 0 unspecified atom stereocenters. The minimum Gasteiger partial charge on any atom is -0.497 e. The van der Waals surface area contributed by atoms with E-state index in [1.54, 1.807) is 19.4 Å². The lowest BCUT2D eigenvalue weighted by molar-refractivity contribution is 0.0958. The van der Waals surface area contributed by atoms with E-state index in [9.17, 15) is 4.79 Å². The topological polar surface area (TPSA) is 82.2 Å². The van der Waals surface area contributed by atoms with Crippen LogP contribution >= 0.6 is 0 Å². The molecule has 2 aromatic heterocycles. The molecule has 1 aliphatic heterocycles. The maximum absolute atomic E-state index is 14.1. The van der Waals surface area contributed by atoms with Crippen molar-refractivity contribution in [2.45, 2.75) is 6.42 Å². The average molecular weight is 475 g/mol. The number of aromatic nitrogens is 3. The Labute approximate surface area is 207 Å². The molecule has 1 N–H and O–H groups in total. The summed E-state index contributed by atoms with van der Waals surface area (Å²) < 4.78 is 12.2. The quantitative estimate of drug-likeness (QED) is 0.328. The summed E-state index contributed by atoms with van der Waals surface area (Å²) in [5.41, 5.74) is 6.44. The monoisotopic (exact) mass is 474 g/mol.